The van der Waals surface area contributed by atoms with E-state index in [0.717, 1.165) is 18.5 Å². The average Bonchev–Trinajstić information content (AvgIpc) is 2.67. The minimum absolute atomic E-state index is 0.375. The highest BCUT2D eigenvalue weighted by Crippen LogP contribution is 2.25. The average molecular weight is 208 g/mol. The van der Waals surface area contributed by atoms with Gasteiger partial charge in [-0.1, -0.05) is 0 Å². The van der Waals surface area contributed by atoms with E-state index in [0.29, 0.717) is 12.1 Å². The molecule has 0 amide bonds. The number of nitrogens with two attached hydrogens (primary N) is 1. The first kappa shape index (κ1) is 10.5. The summed E-state index contributed by atoms with van der Waals surface area (Å²) < 4.78 is 1.92. The second-order valence-electron chi connectivity index (χ2n) is 4.58. The number of anilines is 1. The largest absolute Gasteiger partial charge is 0.379 e. The summed E-state index contributed by atoms with van der Waals surface area (Å²) in [5.74, 6) is 0. The fourth-order valence-corrected chi connectivity index (χ4v) is 2.33. The van der Waals surface area contributed by atoms with E-state index in [-0.39, 0.29) is 0 Å². The molecule has 1 aliphatic rings. The van der Waals surface area contributed by atoms with Crippen LogP contribution in [0.3, 0.4) is 0 Å². The van der Waals surface area contributed by atoms with Gasteiger partial charge >= 0.3 is 0 Å². The van der Waals surface area contributed by atoms with E-state index in [9.17, 15) is 0 Å². The van der Waals surface area contributed by atoms with Gasteiger partial charge < -0.3 is 11.1 Å². The smallest absolute Gasteiger partial charge is 0.0827 e. The standard InChI is InChI=1S/C11H20N4/c1-7-11(8(2)15(3)14-7)13-10-5-4-9(12)6-10/h9-10,13H,4-6,12H2,1-3H3. The molecule has 84 valence electrons. The van der Waals surface area contributed by atoms with E-state index in [1.165, 1.54) is 17.8 Å². The molecule has 1 aromatic rings. The molecule has 0 aromatic carbocycles. The van der Waals surface area contributed by atoms with Gasteiger partial charge in [-0.15, -0.1) is 0 Å². The SMILES string of the molecule is Cc1nn(C)c(C)c1NC1CCC(N)C1. The van der Waals surface area contributed by atoms with Crippen molar-refractivity contribution in [1.82, 2.24) is 9.78 Å². The summed E-state index contributed by atoms with van der Waals surface area (Å²) in [5.41, 5.74) is 9.37. The van der Waals surface area contributed by atoms with Crippen LogP contribution in [0.5, 0.6) is 0 Å². The van der Waals surface area contributed by atoms with Gasteiger partial charge in [0.15, 0.2) is 0 Å². The lowest BCUT2D eigenvalue weighted by atomic mass is 10.2. The lowest BCUT2D eigenvalue weighted by molar-refractivity contribution is 0.687. The highest BCUT2D eigenvalue weighted by molar-refractivity contribution is 5.52. The molecule has 0 saturated heterocycles. The number of rotatable bonds is 2. The van der Waals surface area contributed by atoms with E-state index < -0.39 is 0 Å². The van der Waals surface area contributed by atoms with Crippen molar-refractivity contribution >= 4 is 5.69 Å². The van der Waals surface area contributed by atoms with E-state index in [4.69, 9.17) is 5.73 Å². The van der Waals surface area contributed by atoms with Crippen LogP contribution >= 0.6 is 0 Å². The Kier molecular flexibility index (Phi) is 2.69. The molecular weight excluding hydrogens is 188 g/mol. The van der Waals surface area contributed by atoms with E-state index in [1.54, 1.807) is 0 Å². The molecule has 2 atom stereocenters. The molecule has 0 spiro atoms. The predicted molar refractivity (Wildman–Crippen MR) is 61.9 cm³/mol. The number of nitrogens with one attached hydrogen (secondary N) is 1. The maximum Gasteiger partial charge on any atom is 0.0827 e. The lowest BCUT2D eigenvalue weighted by Gasteiger charge is -2.14. The maximum absolute atomic E-state index is 5.90. The van der Waals surface area contributed by atoms with Crippen molar-refractivity contribution in [3.05, 3.63) is 11.4 Å². The molecule has 1 fully saturated rings. The predicted octanol–water partition coefficient (Wildman–Crippen LogP) is 1.33. The zero-order chi connectivity index (χ0) is 11.0. The van der Waals surface area contributed by atoms with Crippen molar-refractivity contribution in [1.29, 1.82) is 0 Å². The number of aromatic nitrogens is 2. The molecule has 1 heterocycles. The first-order valence-corrected chi connectivity index (χ1v) is 5.60. The van der Waals surface area contributed by atoms with Gasteiger partial charge in [0, 0.05) is 19.1 Å². The number of hydrogen-bond acceptors (Lipinski definition) is 3. The van der Waals surface area contributed by atoms with Crippen LogP contribution < -0.4 is 11.1 Å². The van der Waals surface area contributed by atoms with Gasteiger partial charge in [0.05, 0.1) is 17.1 Å². The third-order valence-electron chi connectivity index (χ3n) is 3.33. The normalized spacial score (nSPS) is 25.9. The van der Waals surface area contributed by atoms with Crippen LogP contribution in [0.15, 0.2) is 0 Å². The topological polar surface area (TPSA) is 55.9 Å². The molecule has 2 rings (SSSR count). The lowest BCUT2D eigenvalue weighted by Crippen LogP contribution is -2.21. The van der Waals surface area contributed by atoms with Gasteiger partial charge in [0.25, 0.3) is 0 Å². The summed E-state index contributed by atoms with van der Waals surface area (Å²) >= 11 is 0. The molecule has 0 bridgehead atoms. The summed E-state index contributed by atoms with van der Waals surface area (Å²) in [5, 5.41) is 7.96. The molecule has 1 aliphatic carbocycles. The van der Waals surface area contributed by atoms with Gasteiger partial charge in [-0.25, -0.2) is 0 Å². The van der Waals surface area contributed by atoms with Crippen molar-refractivity contribution in [3.63, 3.8) is 0 Å². The minimum Gasteiger partial charge on any atom is -0.379 e. The number of hydrogen-bond donors (Lipinski definition) is 2. The fourth-order valence-electron chi connectivity index (χ4n) is 2.33. The van der Waals surface area contributed by atoms with Crippen molar-refractivity contribution in [2.75, 3.05) is 5.32 Å². The van der Waals surface area contributed by atoms with E-state index in [1.807, 2.05) is 18.7 Å². The van der Waals surface area contributed by atoms with Crippen LogP contribution in [0, 0.1) is 13.8 Å². The third-order valence-corrected chi connectivity index (χ3v) is 3.33. The summed E-state index contributed by atoms with van der Waals surface area (Å²) in [6.45, 7) is 4.14. The summed E-state index contributed by atoms with van der Waals surface area (Å²) in [4.78, 5) is 0. The van der Waals surface area contributed by atoms with Crippen molar-refractivity contribution in [2.45, 2.75) is 45.2 Å². The maximum atomic E-state index is 5.90. The third kappa shape index (κ3) is 2.00. The van der Waals surface area contributed by atoms with Crippen LogP contribution in [0.2, 0.25) is 0 Å². The summed E-state index contributed by atoms with van der Waals surface area (Å²) in [6.07, 6.45) is 3.39. The van der Waals surface area contributed by atoms with Gasteiger partial charge in [-0.3, -0.25) is 4.68 Å². The zero-order valence-corrected chi connectivity index (χ0v) is 9.75. The Morgan fingerprint density at radius 1 is 1.40 bits per heavy atom. The fraction of sp³-hybridized carbons (Fsp3) is 0.727. The second-order valence-corrected chi connectivity index (χ2v) is 4.58. The van der Waals surface area contributed by atoms with Gasteiger partial charge in [0.1, 0.15) is 0 Å². The molecule has 2 unspecified atom stereocenters. The number of aryl methyl sites for hydroxylation is 2. The second kappa shape index (κ2) is 3.85. The van der Waals surface area contributed by atoms with Crippen LogP contribution in [-0.2, 0) is 7.05 Å². The Morgan fingerprint density at radius 3 is 2.60 bits per heavy atom. The molecule has 0 radical (unpaired) electrons. The van der Waals surface area contributed by atoms with Gasteiger partial charge in [-0.2, -0.15) is 5.10 Å². The highest BCUT2D eigenvalue weighted by Gasteiger charge is 2.23. The molecule has 4 heteroatoms. The molecule has 1 saturated carbocycles. The van der Waals surface area contributed by atoms with Crippen molar-refractivity contribution in [2.24, 2.45) is 12.8 Å². The minimum atomic E-state index is 0.375. The Hall–Kier alpha value is -1.03. The number of nitrogens with zero attached hydrogens (tertiary/aromatic N) is 2. The van der Waals surface area contributed by atoms with Crippen LogP contribution in [0.4, 0.5) is 5.69 Å². The highest BCUT2D eigenvalue weighted by atomic mass is 15.3. The van der Waals surface area contributed by atoms with Gasteiger partial charge in [-0.05, 0) is 33.1 Å². The van der Waals surface area contributed by atoms with Gasteiger partial charge in [0.2, 0.25) is 0 Å². The quantitative estimate of drug-likeness (QED) is 0.771. The van der Waals surface area contributed by atoms with E-state index in [2.05, 4.69) is 17.3 Å². The molecular formula is C11H20N4. The Labute approximate surface area is 90.8 Å². The van der Waals surface area contributed by atoms with Crippen LogP contribution in [0.1, 0.15) is 30.7 Å². The van der Waals surface area contributed by atoms with Crippen molar-refractivity contribution < 1.29 is 0 Å². The van der Waals surface area contributed by atoms with E-state index >= 15 is 0 Å². The zero-order valence-electron chi connectivity index (χ0n) is 9.75. The molecule has 3 N–H and O–H groups in total. The first-order valence-electron chi connectivity index (χ1n) is 5.60. The van der Waals surface area contributed by atoms with Crippen molar-refractivity contribution in [3.8, 4) is 0 Å². The van der Waals surface area contributed by atoms with Crippen LogP contribution in [0.25, 0.3) is 0 Å². The molecule has 4 nitrogen and oxygen atoms in total. The molecule has 15 heavy (non-hydrogen) atoms. The molecule has 0 aliphatic heterocycles. The Morgan fingerprint density at radius 2 is 2.13 bits per heavy atom. The first-order chi connectivity index (χ1) is 7.08. The summed E-state index contributed by atoms with van der Waals surface area (Å²) in [6, 6.07) is 0.904. The monoisotopic (exact) mass is 208 g/mol. The summed E-state index contributed by atoms with van der Waals surface area (Å²) in [7, 11) is 1.98. The Bertz CT molecular complexity index is 356. The van der Waals surface area contributed by atoms with Crippen LogP contribution in [-0.4, -0.2) is 21.9 Å². The molecule has 1 aromatic heterocycles. The Balaban J connectivity index is 2.10.